The van der Waals surface area contributed by atoms with Crippen molar-refractivity contribution < 1.29 is 0 Å². The molecule has 0 saturated heterocycles. The normalized spacial score (nSPS) is 12.0. The van der Waals surface area contributed by atoms with E-state index in [2.05, 4.69) is 41.0 Å². The number of nitrogens with zero attached hydrogens (tertiary/aromatic N) is 4. The molecule has 2 aromatic rings. The summed E-state index contributed by atoms with van der Waals surface area (Å²) in [6, 6.07) is 0. The number of nitrogens with two attached hydrogens (primary N) is 2. The van der Waals surface area contributed by atoms with Crippen LogP contribution in [-0.2, 0) is 5.54 Å². The van der Waals surface area contributed by atoms with Crippen molar-refractivity contribution in [3.63, 3.8) is 0 Å². The number of nitrogens with one attached hydrogen (secondary N) is 1. The Labute approximate surface area is 112 Å². The van der Waals surface area contributed by atoms with Gasteiger partial charge >= 0.3 is 0 Å². The van der Waals surface area contributed by atoms with E-state index in [1.165, 1.54) is 0 Å². The minimum Gasteiger partial charge on any atom is -0.382 e. The Bertz CT molecular complexity index is 567. The van der Waals surface area contributed by atoms with Gasteiger partial charge in [0.2, 0.25) is 5.95 Å². The molecular weight excluding hydrogens is 242 g/mol. The molecule has 7 nitrogen and oxygen atoms in total. The first-order valence-electron chi connectivity index (χ1n) is 6.38. The second-order valence-corrected chi connectivity index (χ2v) is 5.46. The van der Waals surface area contributed by atoms with Crippen molar-refractivity contribution in [2.24, 2.45) is 5.73 Å². The van der Waals surface area contributed by atoms with Crippen LogP contribution in [0.15, 0.2) is 6.33 Å². The maximum atomic E-state index is 5.93. The van der Waals surface area contributed by atoms with Crippen molar-refractivity contribution in [3.8, 4) is 0 Å². The van der Waals surface area contributed by atoms with Gasteiger partial charge in [-0.3, -0.25) is 0 Å². The second kappa shape index (κ2) is 5.00. The molecule has 0 fully saturated rings. The smallest absolute Gasteiger partial charge is 0.226 e. The number of aromatic nitrogens is 4. The number of imidazole rings is 1. The van der Waals surface area contributed by atoms with Gasteiger partial charge in [-0.25, -0.2) is 4.98 Å². The maximum Gasteiger partial charge on any atom is 0.226 e. The van der Waals surface area contributed by atoms with E-state index >= 15 is 0 Å². The summed E-state index contributed by atoms with van der Waals surface area (Å²) in [6.07, 6.45) is 2.61. The average molecular weight is 263 g/mol. The van der Waals surface area contributed by atoms with Crippen LogP contribution in [0.3, 0.4) is 0 Å². The largest absolute Gasteiger partial charge is 0.382 e. The first-order valence-corrected chi connectivity index (χ1v) is 6.38. The Hall–Kier alpha value is -1.89. The van der Waals surface area contributed by atoms with Crippen LogP contribution in [0, 0.1) is 0 Å². The van der Waals surface area contributed by atoms with Crippen molar-refractivity contribution in [2.45, 2.75) is 32.7 Å². The van der Waals surface area contributed by atoms with Gasteiger partial charge in [-0.2, -0.15) is 9.97 Å². The molecule has 0 aliphatic carbocycles. The predicted octanol–water partition coefficient (Wildman–Crippen LogP) is 0.924. The van der Waals surface area contributed by atoms with Gasteiger partial charge in [0.05, 0.1) is 6.33 Å². The monoisotopic (exact) mass is 263 g/mol. The predicted molar refractivity (Wildman–Crippen MR) is 76.9 cm³/mol. The SMILES string of the molecule is CC(C)(C)n1cnc2c(N)nc(NCCCN)nc21. The van der Waals surface area contributed by atoms with E-state index in [9.17, 15) is 0 Å². The van der Waals surface area contributed by atoms with Crippen molar-refractivity contribution in [1.82, 2.24) is 19.5 Å². The molecule has 0 radical (unpaired) electrons. The van der Waals surface area contributed by atoms with E-state index in [4.69, 9.17) is 11.5 Å². The number of rotatable bonds is 4. The van der Waals surface area contributed by atoms with E-state index in [0.29, 0.717) is 23.8 Å². The highest BCUT2D eigenvalue weighted by Crippen LogP contribution is 2.24. The van der Waals surface area contributed by atoms with Gasteiger partial charge in [0.1, 0.15) is 5.52 Å². The molecule has 0 bridgehead atoms. The molecule has 0 amide bonds. The van der Waals surface area contributed by atoms with E-state index in [0.717, 1.165) is 18.6 Å². The Balaban J connectivity index is 2.41. The van der Waals surface area contributed by atoms with Crippen molar-refractivity contribution in [1.29, 1.82) is 0 Å². The average Bonchev–Trinajstić information content (AvgIpc) is 2.73. The van der Waals surface area contributed by atoms with Crippen LogP contribution in [0.2, 0.25) is 0 Å². The summed E-state index contributed by atoms with van der Waals surface area (Å²) in [7, 11) is 0. The first kappa shape index (κ1) is 13.5. The number of anilines is 2. The first-order chi connectivity index (χ1) is 8.93. The van der Waals surface area contributed by atoms with Gasteiger partial charge in [0.25, 0.3) is 0 Å². The molecule has 0 spiro atoms. The number of hydrogen-bond donors (Lipinski definition) is 3. The topological polar surface area (TPSA) is 108 Å². The molecule has 0 unspecified atom stereocenters. The van der Waals surface area contributed by atoms with Crippen LogP contribution in [0.5, 0.6) is 0 Å². The van der Waals surface area contributed by atoms with E-state index < -0.39 is 0 Å². The summed E-state index contributed by atoms with van der Waals surface area (Å²) < 4.78 is 1.99. The highest BCUT2D eigenvalue weighted by atomic mass is 15.2. The highest BCUT2D eigenvalue weighted by Gasteiger charge is 2.19. The molecule has 7 heteroatoms. The molecule has 0 aliphatic heterocycles. The molecule has 2 aromatic heterocycles. The van der Waals surface area contributed by atoms with Gasteiger partial charge in [-0.15, -0.1) is 0 Å². The van der Waals surface area contributed by atoms with Gasteiger partial charge in [-0.05, 0) is 33.7 Å². The third-order valence-corrected chi connectivity index (χ3v) is 2.81. The van der Waals surface area contributed by atoms with Crippen LogP contribution in [0.1, 0.15) is 27.2 Å². The van der Waals surface area contributed by atoms with Gasteiger partial charge < -0.3 is 21.4 Å². The Morgan fingerprint density at radius 2 is 2.05 bits per heavy atom. The lowest BCUT2D eigenvalue weighted by Gasteiger charge is -2.21. The van der Waals surface area contributed by atoms with Crippen LogP contribution in [-0.4, -0.2) is 32.6 Å². The molecule has 0 aromatic carbocycles. The Morgan fingerprint density at radius 3 is 2.68 bits per heavy atom. The molecule has 104 valence electrons. The molecule has 5 N–H and O–H groups in total. The zero-order valence-electron chi connectivity index (χ0n) is 11.6. The van der Waals surface area contributed by atoms with Crippen LogP contribution >= 0.6 is 0 Å². The summed E-state index contributed by atoms with van der Waals surface area (Å²) in [6.45, 7) is 7.63. The number of hydrogen-bond acceptors (Lipinski definition) is 6. The lowest BCUT2D eigenvalue weighted by molar-refractivity contribution is 0.406. The molecule has 19 heavy (non-hydrogen) atoms. The van der Waals surface area contributed by atoms with Gasteiger partial charge in [0.15, 0.2) is 11.5 Å². The fourth-order valence-electron chi connectivity index (χ4n) is 1.79. The standard InChI is InChI=1S/C12H21N7/c1-12(2,3)19-7-16-8-9(14)17-11(18-10(8)19)15-6-4-5-13/h7H,4-6,13H2,1-3H3,(H3,14,15,17,18). The van der Waals surface area contributed by atoms with Gasteiger partial charge in [0, 0.05) is 12.1 Å². The highest BCUT2D eigenvalue weighted by molar-refractivity contribution is 5.83. The molecule has 0 aliphatic rings. The fraction of sp³-hybridized carbons (Fsp3) is 0.583. The molecule has 2 rings (SSSR count). The van der Waals surface area contributed by atoms with Crippen molar-refractivity contribution in [2.75, 3.05) is 24.1 Å². The van der Waals surface area contributed by atoms with Crippen LogP contribution in [0.25, 0.3) is 11.2 Å². The quantitative estimate of drug-likeness (QED) is 0.708. The molecular formula is C12H21N7. The van der Waals surface area contributed by atoms with E-state index in [1.54, 1.807) is 6.33 Å². The Kier molecular flexibility index (Phi) is 3.57. The van der Waals surface area contributed by atoms with E-state index in [-0.39, 0.29) is 5.54 Å². The minimum atomic E-state index is -0.107. The number of nitrogen functional groups attached to an aromatic ring is 1. The summed E-state index contributed by atoms with van der Waals surface area (Å²) in [4.78, 5) is 13.0. The summed E-state index contributed by atoms with van der Waals surface area (Å²) in [5, 5.41) is 3.12. The Morgan fingerprint density at radius 1 is 1.32 bits per heavy atom. The van der Waals surface area contributed by atoms with Crippen LogP contribution < -0.4 is 16.8 Å². The summed E-state index contributed by atoms with van der Waals surface area (Å²) in [5.41, 5.74) is 12.7. The minimum absolute atomic E-state index is 0.107. The fourth-order valence-corrected chi connectivity index (χ4v) is 1.79. The van der Waals surface area contributed by atoms with E-state index in [1.807, 2.05) is 4.57 Å². The lowest BCUT2D eigenvalue weighted by atomic mass is 10.1. The molecule has 0 saturated carbocycles. The number of fused-ring (bicyclic) bond motifs is 1. The third-order valence-electron chi connectivity index (χ3n) is 2.81. The van der Waals surface area contributed by atoms with Gasteiger partial charge in [-0.1, -0.05) is 0 Å². The van der Waals surface area contributed by atoms with Crippen LogP contribution in [0.4, 0.5) is 11.8 Å². The lowest BCUT2D eigenvalue weighted by Crippen LogP contribution is -2.21. The van der Waals surface area contributed by atoms with Crippen molar-refractivity contribution >= 4 is 22.9 Å². The van der Waals surface area contributed by atoms with Crippen molar-refractivity contribution in [3.05, 3.63) is 6.33 Å². The molecule has 0 atom stereocenters. The molecule has 2 heterocycles. The summed E-state index contributed by atoms with van der Waals surface area (Å²) >= 11 is 0. The summed E-state index contributed by atoms with van der Waals surface area (Å²) in [5.74, 6) is 0.910. The maximum absolute atomic E-state index is 5.93. The third kappa shape index (κ3) is 2.76. The zero-order chi connectivity index (χ0) is 14.0. The second-order valence-electron chi connectivity index (χ2n) is 5.46. The zero-order valence-corrected chi connectivity index (χ0v) is 11.6.